The van der Waals surface area contributed by atoms with Crippen molar-refractivity contribution >= 4 is 15.9 Å². The third-order valence-electron chi connectivity index (χ3n) is 3.34. The predicted molar refractivity (Wildman–Crippen MR) is 82.9 cm³/mol. The van der Waals surface area contributed by atoms with Gasteiger partial charge in [0.1, 0.15) is 0 Å². The number of alkyl halides is 1. The average molecular weight is 306 g/mol. The monoisotopic (exact) mass is 305 g/mol. The summed E-state index contributed by atoms with van der Waals surface area (Å²) in [5.41, 5.74) is 5.47. The predicted octanol–water partition coefficient (Wildman–Crippen LogP) is 5.41. The van der Waals surface area contributed by atoms with Crippen LogP contribution in [0, 0.1) is 0 Å². The summed E-state index contributed by atoms with van der Waals surface area (Å²) >= 11 is 3.48. The van der Waals surface area contributed by atoms with E-state index in [9.17, 15) is 0 Å². The Balaban J connectivity index is 2.85. The third kappa shape index (κ3) is 16.4. The highest BCUT2D eigenvalue weighted by atomic mass is 79.9. The van der Waals surface area contributed by atoms with Crippen molar-refractivity contribution in [2.24, 2.45) is 5.73 Å². The SMILES string of the molecule is NCCCCCCCCCCCCCCCBr. The highest BCUT2D eigenvalue weighted by Crippen LogP contribution is 2.12. The molecular formula is C15H32BrN. The van der Waals surface area contributed by atoms with Gasteiger partial charge in [0.15, 0.2) is 0 Å². The van der Waals surface area contributed by atoms with Gasteiger partial charge in [-0.3, -0.25) is 0 Å². The highest BCUT2D eigenvalue weighted by molar-refractivity contribution is 9.09. The van der Waals surface area contributed by atoms with Crippen LogP contribution >= 0.6 is 15.9 Å². The zero-order chi connectivity index (χ0) is 12.6. The highest BCUT2D eigenvalue weighted by Gasteiger charge is 1.93. The van der Waals surface area contributed by atoms with Gasteiger partial charge in [0.25, 0.3) is 0 Å². The van der Waals surface area contributed by atoms with Crippen LogP contribution in [0.1, 0.15) is 83.5 Å². The van der Waals surface area contributed by atoms with Crippen LogP contribution in [0.2, 0.25) is 0 Å². The van der Waals surface area contributed by atoms with E-state index in [0.29, 0.717) is 0 Å². The minimum absolute atomic E-state index is 0.870. The molecule has 0 amide bonds. The van der Waals surface area contributed by atoms with Crippen molar-refractivity contribution < 1.29 is 0 Å². The second-order valence-electron chi connectivity index (χ2n) is 5.07. The topological polar surface area (TPSA) is 26.0 Å². The molecule has 0 spiro atoms. The normalized spacial score (nSPS) is 10.9. The molecule has 0 atom stereocenters. The minimum Gasteiger partial charge on any atom is -0.330 e. The molecule has 0 saturated heterocycles. The maximum Gasteiger partial charge on any atom is 0.00313 e. The third-order valence-corrected chi connectivity index (χ3v) is 3.90. The summed E-state index contributed by atoms with van der Waals surface area (Å²) in [7, 11) is 0. The Morgan fingerprint density at radius 1 is 0.471 bits per heavy atom. The van der Waals surface area contributed by atoms with Crippen molar-refractivity contribution in [2.75, 3.05) is 11.9 Å². The number of hydrogen-bond acceptors (Lipinski definition) is 1. The number of rotatable bonds is 14. The lowest BCUT2D eigenvalue weighted by Gasteiger charge is -2.02. The van der Waals surface area contributed by atoms with Crippen LogP contribution in [0.4, 0.5) is 0 Å². The minimum atomic E-state index is 0.870. The molecule has 104 valence electrons. The summed E-state index contributed by atoms with van der Waals surface area (Å²) in [6, 6.07) is 0. The molecule has 0 aliphatic rings. The molecule has 0 fully saturated rings. The van der Waals surface area contributed by atoms with Crippen LogP contribution in [0.15, 0.2) is 0 Å². The fourth-order valence-electron chi connectivity index (χ4n) is 2.18. The number of unbranched alkanes of at least 4 members (excludes halogenated alkanes) is 12. The van der Waals surface area contributed by atoms with E-state index < -0.39 is 0 Å². The molecule has 0 aromatic rings. The van der Waals surface area contributed by atoms with Gasteiger partial charge in [-0.05, 0) is 19.4 Å². The summed E-state index contributed by atoms with van der Waals surface area (Å²) in [6.07, 6.45) is 18.3. The van der Waals surface area contributed by atoms with Gasteiger partial charge < -0.3 is 5.73 Å². The van der Waals surface area contributed by atoms with E-state index in [-0.39, 0.29) is 0 Å². The van der Waals surface area contributed by atoms with Crippen molar-refractivity contribution in [1.29, 1.82) is 0 Å². The maximum atomic E-state index is 5.47. The molecule has 0 unspecified atom stereocenters. The van der Waals surface area contributed by atoms with Crippen molar-refractivity contribution in [3.8, 4) is 0 Å². The van der Waals surface area contributed by atoms with Crippen LogP contribution in [0.5, 0.6) is 0 Å². The Bertz CT molecular complexity index is 114. The molecule has 0 aromatic carbocycles. The second kappa shape index (κ2) is 16.4. The number of halogens is 1. The van der Waals surface area contributed by atoms with E-state index in [2.05, 4.69) is 15.9 Å². The van der Waals surface area contributed by atoms with Gasteiger partial charge in [0.05, 0.1) is 0 Å². The molecule has 2 heteroatoms. The van der Waals surface area contributed by atoms with E-state index in [1.165, 1.54) is 88.8 Å². The van der Waals surface area contributed by atoms with Gasteiger partial charge >= 0.3 is 0 Å². The van der Waals surface area contributed by atoms with E-state index in [1.54, 1.807) is 0 Å². The summed E-state index contributed by atoms with van der Waals surface area (Å²) in [5, 5.41) is 1.18. The smallest absolute Gasteiger partial charge is 0.00313 e. The Kier molecular flexibility index (Phi) is 16.9. The van der Waals surface area contributed by atoms with Gasteiger partial charge in [-0.1, -0.05) is 86.6 Å². The number of hydrogen-bond donors (Lipinski definition) is 1. The first-order chi connectivity index (χ1) is 8.41. The zero-order valence-corrected chi connectivity index (χ0v) is 13.1. The van der Waals surface area contributed by atoms with Gasteiger partial charge in [0.2, 0.25) is 0 Å². The average Bonchev–Trinajstić information content (AvgIpc) is 2.35. The van der Waals surface area contributed by atoms with Gasteiger partial charge in [0, 0.05) is 5.33 Å². The Morgan fingerprint density at radius 2 is 0.765 bits per heavy atom. The van der Waals surface area contributed by atoms with Crippen LogP contribution in [0.25, 0.3) is 0 Å². The van der Waals surface area contributed by atoms with Gasteiger partial charge in [-0.2, -0.15) is 0 Å². The van der Waals surface area contributed by atoms with Gasteiger partial charge in [-0.25, -0.2) is 0 Å². The molecule has 0 aliphatic carbocycles. The van der Waals surface area contributed by atoms with Gasteiger partial charge in [-0.15, -0.1) is 0 Å². The standard InChI is InChI=1S/C15H32BrN/c16-14-12-10-8-6-4-2-1-3-5-7-9-11-13-15-17/h1-15,17H2. The lowest BCUT2D eigenvalue weighted by Crippen LogP contribution is -1.97. The Morgan fingerprint density at radius 3 is 1.06 bits per heavy atom. The first-order valence-electron chi connectivity index (χ1n) is 7.68. The molecule has 0 rings (SSSR count). The lowest BCUT2D eigenvalue weighted by molar-refractivity contribution is 0.541. The second-order valence-corrected chi connectivity index (χ2v) is 5.87. The molecule has 0 aromatic heterocycles. The Hall–Kier alpha value is 0.440. The molecule has 0 heterocycles. The number of nitrogens with two attached hydrogens (primary N) is 1. The van der Waals surface area contributed by atoms with Crippen molar-refractivity contribution in [2.45, 2.75) is 83.5 Å². The lowest BCUT2D eigenvalue weighted by atomic mass is 10.0. The molecule has 1 nitrogen and oxygen atoms in total. The fraction of sp³-hybridized carbons (Fsp3) is 1.00. The van der Waals surface area contributed by atoms with E-state index >= 15 is 0 Å². The summed E-state index contributed by atoms with van der Waals surface area (Å²) < 4.78 is 0. The summed E-state index contributed by atoms with van der Waals surface area (Å²) in [6.45, 7) is 0.870. The van der Waals surface area contributed by atoms with Crippen molar-refractivity contribution in [3.63, 3.8) is 0 Å². The van der Waals surface area contributed by atoms with Crippen LogP contribution in [-0.4, -0.2) is 11.9 Å². The van der Waals surface area contributed by atoms with Crippen LogP contribution < -0.4 is 5.73 Å². The summed E-state index contributed by atoms with van der Waals surface area (Å²) in [4.78, 5) is 0. The van der Waals surface area contributed by atoms with E-state index in [4.69, 9.17) is 5.73 Å². The van der Waals surface area contributed by atoms with Crippen LogP contribution in [0.3, 0.4) is 0 Å². The molecule has 0 aliphatic heterocycles. The molecule has 0 radical (unpaired) electrons. The molecular weight excluding hydrogens is 274 g/mol. The summed E-state index contributed by atoms with van der Waals surface area (Å²) in [5.74, 6) is 0. The fourth-order valence-corrected chi connectivity index (χ4v) is 2.58. The van der Waals surface area contributed by atoms with Crippen molar-refractivity contribution in [3.05, 3.63) is 0 Å². The largest absolute Gasteiger partial charge is 0.330 e. The first-order valence-corrected chi connectivity index (χ1v) is 8.80. The quantitative estimate of drug-likeness (QED) is 0.337. The maximum absolute atomic E-state index is 5.47. The molecule has 17 heavy (non-hydrogen) atoms. The zero-order valence-electron chi connectivity index (χ0n) is 11.6. The molecule has 2 N–H and O–H groups in total. The molecule has 0 saturated carbocycles. The molecule has 0 bridgehead atoms. The van der Waals surface area contributed by atoms with Crippen LogP contribution in [-0.2, 0) is 0 Å². The van der Waals surface area contributed by atoms with Crippen molar-refractivity contribution in [1.82, 2.24) is 0 Å². The van der Waals surface area contributed by atoms with E-state index in [1.807, 2.05) is 0 Å². The Labute approximate surface area is 117 Å². The van der Waals surface area contributed by atoms with E-state index in [0.717, 1.165) is 6.54 Å². The first kappa shape index (κ1) is 17.4.